The zero-order valence-electron chi connectivity index (χ0n) is 17.4. The molecule has 1 fully saturated rings. The number of nitrogens with zero attached hydrogens (tertiary/aromatic N) is 3. The molecule has 0 radical (unpaired) electrons. The topological polar surface area (TPSA) is 59.5 Å². The van der Waals surface area contributed by atoms with Crippen LogP contribution in [0.3, 0.4) is 0 Å². The number of methoxy groups -OCH3 is 1. The van der Waals surface area contributed by atoms with Gasteiger partial charge in [-0.15, -0.1) is 11.3 Å². The lowest BCUT2D eigenvalue weighted by atomic mass is 9.97. The van der Waals surface area contributed by atoms with Gasteiger partial charge in [0.15, 0.2) is 0 Å². The summed E-state index contributed by atoms with van der Waals surface area (Å²) in [6.45, 7) is 4.97. The molecule has 7 heteroatoms. The maximum atomic E-state index is 5.49. The van der Waals surface area contributed by atoms with E-state index in [2.05, 4.69) is 22.3 Å². The minimum atomic E-state index is 0.734. The first-order valence-electron chi connectivity index (χ1n) is 10.8. The summed E-state index contributed by atoms with van der Waals surface area (Å²) in [6.07, 6.45) is 4.85. The van der Waals surface area contributed by atoms with E-state index in [4.69, 9.17) is 19.4 Å². The number of ether oxygens (including phenoxy) is 2. The quantitative estimate of drug-likeness (QED) is 0.645. The van der Waals surface area contributed by atoms with Crippen molar-refractivity contribution in [2.45, 2.75) is 38.8 Å². The number of anilines is 1. The summed E-state index contributed by atoms with van der Waals surface area (Å²) in [5.41, 5.74) is 2.68. The molecule has 30 heavy (non-hydrogen) atoms. The van der Waals surface area contributed by atoms with Crippen LogP contribution in [0.15, 0.2) is 24.3 Å². The van der Waals surface area contributed by atoms with Gasteiger partial charge in [0, 0.05) is 24.5 Å². The van der Waals surface area contributed by atoms with Crippen LogP contribution in [0, 0.1) is 0 Å². The fourth-order valence-electron chi connectivity index (χ4n) is 4.29. The lowest BCUT2D eigenvalue weighted by molar-refractivity contribution is 0.0331. The number of thiophene rings is 1. The van der Waals surface area contributed by atoms with E-state index in [1.54, 1.807) is 7.11 Å². The summed E-state index contributed by atoms with van der Waals surface area (Å²) in [4.78, 5) is 15.0. The summed E-state index contributed by atoms with van der Waals surface area (Å²) in [7, 11) is 1.70. The van der Waals surface area contributed by atoms with Gasteiger partial charge in [0.1, 0.15) is 22.2 Å². The van der Waals surface area contributed by atoms with Crippen molar-refractivity contribution < 1.29 is 9.47 Å². The molecular formula is C23H28N4O2S. The maximum Gasteiger partial charge on any atom is 0.146 e. The Hall–Kier alpha value is -2.22. The number of fused-ring (bicyclic) bond motifs is 3. The highest BCUT2D eigenvalue weighted by molar-refractivity contribution is 7.19. The normalized spacial score (nSPS) is 17.1. The Morgan fingerprint density at radius 2 is 1.90 bits per heavy atom. The minimum Gasteiger partial charge on any atom is -0.497 e. The highest BCUT2D eigenvalue weighted by Crippen LogP contribution is 2.38. The third kappa shape index (κ3) is 4.15. The molecule has 2 aromatic heterocycles. The highest BCUT2D eigenvalue weighted by atomic mass is 32.1. The van der Waals surface area contributed by atoms with E-state index in [-0.39, 0.29) is 0 Å². The van der Waals surface area contributed by atoms with Gasteiger partial charge in [0.05, 0.1) is 32.3 Å². The average molecular weight is 425 g/mol. The second kappa shape index (κ2) is 8.88. The van der Waals surface area contributed by atoms with Crippen molar-refractivity contribution in [1.29, 1.82) is 0 Å². The van der Waals surface area contributed by atoms with Gasteiger partial charge < -0.3 is 14.8 Å². The van der Waals surface area contributed by atoms with Crippen LogP contribution in [0.5, 0.6) is 5.75 Å². The van der Waals surface area contributed by atoms with Gasteiger partial charge in [-0.25, -0.2) is 9.97 Å². The van der Waals surface area contributed by atoms with Crippen LogP contribution in [0.1, 0.15) is 34.7 Å². The number of morpholine rings is 1. The lowest BCUT2D eigenvalue weighted by Crippen LogP contribution is -2.36. The van der Waals surface area contributed by atoms with Gasteiger partial charge in [0.25, 0.3) is 0 Å². The molecule has 1 saturated heterocycles. The molecule has 1 aliphatic heterocycles. The summed E-state index contributed by atoms with van der Waals surface area (Å²) in [5, 5.41) is 4.87. The first-order valence-corrected chi connectivity index (χ1v) is 11.6. The molecular weight excluding hydrogens is 396 g/mol. The zero-order valence-corrected chi connectivity index (χ0v) is 18.3. The van der Waals surface area contributed by atoms with Crippen molar-refractivity contribution in [2.75, 3.05) is 38.7 Å². The average Bonchev–Trinajstić information content (AvgIpc) is 3.17. The Kier molecular flexibility index (Phi) is 5.84. The smallest absolute Gasteiger partial charge is 0.146 e. The molecule has 2 aliphatic rings. The molecule has 0 atom stereocenters. The number of nitrogens with one attached hydrogen (secondary N) is 1. The van der Waals surface area contributed by atoms with Crippen LogP contribution < -0.4 is 10.1 Å². The molecule has 3 heterocycles. The number of aromatic nitrogens is 2. The number of rotatable bonds is 6. The molecule has 158 valence electrons. The highest BCUT2D eigenvalue weighted by Gasteiger charge is 2.22. The maximum absolute atomic E-state index is 5.49. The zero-order chi connectivity index (χ0) is 20.3. The molecule has 0 unspecified atom stereocenters. The van der Waals surface area contributed by atoms with Crippen molar-refractivity contribution in [2.24, 2.45) is 0 Å². The van der Waals surface area contributed by atoms with Crippen LogP contribution in [0.4, 0.5) is 5.82 Å². The second-order valence-corrected chi connectivity index (χ2v) is 9.05. The first-order chi connectivity index (χ1) is 14.8. The standard InChI is InChI=1S/C23H28N4O2S/c1-28-17-8-6-16(7-9-17)14-24-22-21-18-4-2-3-5-19(18)30-23(21)26-20(25-22)15-27-10-12-29-13-11-27/h6-9H,2-5,10-15H2,1H3,(H,24,25,26). The van der Waals surface area contributed by atoms with Gasteiger partial charge in [-0.05, 0) is 48.9 Å². The first kappa shape index (κ1) is 19.7. The molecule has 1 aromatic carbocycles. The summed E-state index contributed by atoms with van der Waals surface area (Å²) in [6, 6.07) is 8.20. The lowest BCUT2D eigenvalue weighted by Gasteiger charge is -2.25. The van der Waals surface area contributed by atoms with Gasteiger partial charge in [-0.2, -0.15) is 0 Å². The second-order valence-electron chi connectivity index (χ2n) is 7.97. The molecule has 6 nitrogen and oxygen atoms in total. The van der Waals surface area contributed by atoms with Gasteiger partial charge >= 0.3 is 0 Å². The molecule has 0 bridgehead atoms. The van der Waals surface area contributed by atoms with Crippen molar-refractivity contribution >= 4 is 27.4 Å². The fraction of sp³-hybridized carbons (Fsp3) is 0.478. The van der Waals surface area contributed by atoms with E-state index in [1.807, 2.05) is 23.5 Å². The monoisotopic (exact) mass is 424 g/mol. The van der Waals surface area contributed by atoms with Crippen LogP contribution in [-0.2, 0) is 30.7 Å². The predicted molar refractivity (Wildman–Crippen MR) is 120 cm³/mol. The van der Waals surface area contributed by atoms with Gasteiger partial charge in [-0.1, -0.05) is 12.1 Å². The summed E-state index contributed by atoms with van der Waals surface area (Å²) in [5.74, 6) is 2.77. The van der Waals surface area contributed by atoms with Crippen LogP contribution in [0.25, 0.3) is 10.2 Å². The number of aryl methyl sites for hydroxylation is 2. The molecule has 1 N–H and O–H groups in total. The molecule has 0 saturated carbocycles. The summed E-state index contributed by atoms with van der Waals surface area (Å²) < 4.78 is 10.8. The van der Waals surface area contributed by atoms with E-state index in [0.717, 1.165) is 68.0 Å². The largest absolute Gasteiger partial charge is 0.497 e. The fourth-order valence-corrected chi connectivity index (χ4v) is 5.57. The minimum absolute atomic E-state index is 0.734. The number of benzene rings is 1. The molecule has 0 spiro atoms. The predicted octanol–water partition coefficient (Wildman–Crippen LogP) is 4.02. The molecule has 5 rings (SSSR count). The Bertz CT molecular complexity index is 1010. The Balaban J connectivity index is 1.45. The van der Waals surface area contributed by atoms with Gasteiger partial charge in [-0.3, -0.25) is 4.90 Å². The van der Waals surface area contributed by atoms with Crippen molar-refractivity contribution in [1.82, 2.24) is 14.9 Å². The van der Waals surface area contributed by atoms with E-state index in [1.165, 1.54) is 40.7 Å². The number of hydrogen-bond acceptors (Lipinski definition) is 7. The van der Waals surface area contributed by atoms with Crippen LogP contribution >= 0.6 is 11.3 Å². The van der Waals surface area contributed by atoms with E-state index >= 15 is 0 Å². The molecule has 3 aromatic rings. The number of hydrogen-bond donors (Lipinski definition) is 1. The van der Waals surface area contributed by atoms with Crippen molar-refractivity contribution in [3.05, 3.63) is 46.1 Å². The van der Waals surface area contributed by atoms with E-state index in [9.17, 15) is 0 Å². The Labute approximate surface area is 181 Å². The summed E-state index contributed by atoms with van der Waals surface area (Å²) >= 11 is 1.87. The molecule has 0 amide bonds. The van der Waals surface area contributed by atoms with Crippen LogP contribution in [0.2, 0.25) is 0 Å². The third-order valence-electron chi connectivity index (χ3n) is 5.95. The van der Waals surface area contributed by atoms with Crippen molar-refractivity contribution in [3.8, 4) is 5.75 Å². The van der Waals surface area contributed by atoms with E-state index in [0.29, 0.717) is 0 Å². The Morgan fingerprint density at radius 3 is 2.70 bits per heavy atom. The third-order valence-corrected chi connectivity index (χ3v) is 7.13. The van der Waals surface area contributed by atoms with E-state index < -0.39 is 0 Å². The van der Waals surface area contributed by atoms with Crippen molar-refractivity contribution in [3.63, 3.8) is 0 Å². The van der Waals surface area contributed by atoms with Crippen LogP contribution in [-0.4, -0.2) is 48.3 Å². The van der Waals surface area contributed by atoms with Gasteiger partial charge in [0.2, 0.25) is 0 Å². The Morgan fingerprint density at radius 1 is 1.10 bits per heavy atom. The molecule has 1 aliphatic carbocycles. The SMILES string of the molecule is COc1ccc(CNc2nc(CN3CCOCC3)nc3sc4c(c23)CCCC4)cc1.